The van der Waals surface area contributed by atoms with Gasteiger partial charge in [-0.2, -0.15) is 0 Å². The third kappa shape index (κ3) is 19.9. The van der Waals surface area contributed by atoms with E-state index >= 15 is 0 Å². The van der Waals surface area contributed by atoms with Gasteiger partial charge in [0.1, 0.15) is 25.2 Å². The average molecular weight is 718 g/mol. The molecule has 0 bridgehead atoms. The number of hydrogen-bond acceptors (Lipinski definition) is 7. The van der Waals surface area contributed by atoms with Crippen LogP contribution in [0.5, 0.6) is 0 Å². The van der Waals surface area contributed by atoms with Crippen LogP contribution in [-0.4, -0.2) is 71.6 Å². The van der Waals surface area contributed by atoms with Crippen LogP contribution < -0.4 is 21.7 Å². The van der Waals surface area contributed by atoms with Gasteiger partial charge >= 0.3 is 12.0 Å². The van der Waals surface area contributed by atoms with Crippen molar-refractivity contribution in [1.29, 1.82) is 0 Å². The van der Waals surface area contributed by atoms with Crippen molar-refractivity contribution in [2.24, 2.45) is 23.0 Å². The van der Waals surface area contributed by atoms with Gasteiger partial charge in [-0.1, -0.05) is 132 Å². The number of urea groups is 1. The number of hydrogen-bond donors (Lipinski definition) is 4. The zero-order chi connectivity index (χ0) is 39.1. The number of nitrogens with two attached hydrogens (primary N) is 1. The van der Waals surface area contributed by atoms with Crippen LogP contribution in [0.3, 0.4) is 0 Å². The van der Waals surface area contributed by atoms with E-state index in [9.17, 15) is 28.8 Å². The van der Waals surface area contributed by atoms with Crippen molar-refractivity contribution < 1.29 is 33.5 Å². The second-order valence-corrected chi connectivity index (χ2v) is 14.5. The van der Waals surface area contributed by atoms with Crippen LogP contribution in [0.2, 0.25) is 0 Å². The molecule has 0 spiro atoms. The van der Waals surface area contributed by atoms with E-state index in [0.717, 1.165) is 24.3 Å². The number of nitrogens with one attached hydrogen (secondary N) is 3. The molecule has 1 heterocycles. The molecule has 5 amide bonds. The molecule has 3 rings (SSSR count). The van der Waals surface area contributed by atoms with Crippen molar-refractivity contribution in [3.8, 4) is 0 Å². The molecular formula is C39H67N5O7. The van der Waals surface area contributed by atoms with Crippen molar-refractivity contribution in [3.63, 3.8) is 0 Å². The van der Waals surface area contributed by atoms with Gasteiger partial charge in [-0.25, -0.2) is 4.79 Å². The molecule has 1 aliphatic heterocycles. The van der Waals surface area contributed by atoms with E-state index in [0.29, 0.717) is 19.3 Å². The molecular weight excluding hydrogens is 650 g/mol. The van der Waals surface area contributed by atoms with Gasteiger partial charge in [0.15, 0.2) is 0 Å². The maximum Gasteiger partial charge on any atom is 0.325 e. The molecule has 2 aliphatic rings. The van der Waals surface area contributed by atoms with Crippen LogP contribution in [-0.2, 0) is 35.3 Å². The Bertz CT molecular complexity index is 1210. The molecule has 0 aromatic heterocycles. The molecule has 1 aromatic rings. The monoisotopic (exact) mass is 718 g/mol. The Labute approximate surface area is 306 Å². The fourth-order valence-corrected chi connectivity index (χ4v) is 4.95. The Morgan fingerprint density at radius 2 is 1.49 bits per heavy atom. The number of rotatable bonds is 14. The van der Waals surface area contributed by atoms with Crippen molar-refractivity contribution in [2.45, 2.75) is 145 Å². The quantitative estimate of drug-likeness (QED) is 0.142. The van der Waals surface area contributed by atoms with Crippen molar-refractivity contribution in [1.82, 2.24) is 20.9 Å². The summed E-state index contributed by atoms with van der Waals surface area (Å²) in [7, 11) is 0. The highest BCUT2D eigenvalue weighted by Gasteiger charge is 2.43. The summed E-state index contributed by atoms with van der Waals surface area (Å²) in [6.45, 7) is 20.2. The van der Waals surface area contributed by atoms with Crippen molar-refractivity contribution in [2.75, 3.05) is 13.1 Å². The lowest BCUT2D eigenvalue weighted by Crippen LogP contribution is -2.60. The minimum absolute atomic E-state index is 0.0665. The minimum Gasteiger partial charge on any atom is -0.460 e. The summed E-state index contributed by atoms with van der Waals surface area (Å²) in [5, 5.41) is 7.69. The number of ether oxygens (including phenoxy) is 1. The number of nitrogens with zero attached hydrogens (tertiary/aromatic N) is 1. The highest BCUT2D eigenvalue weighted by atomic mass is 16.5. The molecule has 12 nitrogen and oxygen atoms in total. The van der Waals surface area contributed by atoms with Gasteiger partial charge in [-0.05, 0) is 42.1 Å². The van der Waals surface area contributed by atoms with Crippen LogP contribution in [0.4, 0.5) is 4.79 Å². The Morgan fingerprint density at radius 1 is 0.922 bits per heavy atom. The molecule has 1 aliphatic carbocycles. The summed E-state index contributed by atoms with van der Waals surface area (Å²) < 4.78 is 5.16. The fourth-order valence-electron chi connectivity index (χ4n) is 4.95. The van der Waals surface area contributed by atoms with Gasteiger partial charge in [0, 0.05) is 6.54 Å². The molecule has 1 aromatic carbocycles. The second-order valence-electron chi connectivity index (χ2n) is 14.5. The maximum absolute atomic E-state index is 13.6. The summed E-state index contributed by atoms with van der Waals surface area (Å²) in [5.74, 6) is -2.53. The van der Waals surface area contributed by atoms with E-state index in [2.05, 4.69) is 50.6 Å². The molecule has 3 atom stereocenters. The molecule has 290 valence electrons. The first-order valence-corrected chi connectivity index (χ1v) is 18.7. The first-order valence-electron chi connectivity index (χ1n) is 18.7. The number of Topliss-reactive ketones (excluding diaryl/α,β-unsaturated/α-hetero) is 1. The number of likely N-dealkylation sites (tertiary alicyclic amines) is 1. The number of primary amides is 1. The lowest BCUT2D eigenvalue weighted by Gasteiger charge is -2.35. The second kappa shape index (κ2) is 25.1. The average Bonchev–Trinajstić information content (AvgIpc) is 3.76. The number of carbonyl (C=O) groups excluding carboxylic acids is 6. The summed E-state index contributed by atoms with van der Waals surface area (Å²) in [4.78, 5) is 76.7. The highest BCUT2D eigenvalue weighted by Crippen LogP contribution is 2.34. The van der Waals surface area contributed by atoms with Gasteiger partial charge in [0.2, 0.25) is 17.6 Å². The number of amides is 5. The molecule has 3 unspecified atom stereocenters. The van der Waals surface area contributed by atoms with E-state index in [1.807, 2.05) is 44.2 Å². The molecule has 5 N–H and O–H groups in total. The summed E-state index contributed by atoms with van der Waals surface area (Å²) >= 11 is 0. The van der Waals surface area contributed by atoms with Crippen LogP contribution in [0.15, 0.2) is 30.3 Å². The normalized spacial score (nSPS) is 16.0. The Hall–Kier alpha value is -3.96. The summed E-state index contributed by atoms with van der Waals surface area (Å²) in [5.41, 5.74) is 5.25. The summed E-state index contributed by atoms with van der Waals surface area (Å²) in [6, 6.07) is 5.45. The van der Waals surface area contributed by atoms with Crippen molar-refractivity contribution >= 4 is 35.5 Å². The predicted octanol–water partition coefficient (Wildman–Crippen LogP) is 5.66. The van der Waals surface area contributed by atoms with E-state index in [1.54, 1.807) is 20.8 Å². The number of benzene rings is 1. The minimum atomic E-state index is -1.11. The Morgan fingerprint density at radius 3 is 1.96 bits per heavy atom. The molecule has 2 fully saturated rings. The first-order chi connectivity index (χ1) is 24.0. The zero-order valence-electron chi connectivity index (χ0n) is 32.9. The molecule has 1 saturated carbocycles. The van der Waals surface area contributed by atoms with Gasteiger partial charge in [0.05, 0.1) is 6.04 Å². The number of ketones is 1. The van der Waals surface area contributed by atoms with E-state index in [-0.39, 0.29) is 19.1 Å². The zero-order valence-corrected chi connectivity index (χ0v) is 32.9. The maximum atomic E-state index is 13.6. The lowest BCUT2D eigenvalue weighted by molar-refractivity contribution is -0.143. The van der Waals surface area contributed by atoms with Crippen LogP contribution in [0, 0.1) is 17.3 Å². The van der Waals surface area contributed by atoms with E-state index in [4.69, 9.17) is 10.5 Å². The first kappa shape index (κ1) is 47.0. The van der Waals surface area contributed by atoms with E-state index in [1.165, 1.54) is 24.2 Å². The van der Waals surface area contributed by atoms with E-state index < -0.39 is 65.6 Å². The predicted molar refractivity (Wildman–Crippen MR) is 201 cm³/mol. The van der Waals surface area contributed by atoms with Gasteiger partial charge in [-0.3, -0.25) is 24.0 Å². The molecule has 51 heavy (non-hydrogen) atoms. The SMILES string of the molecule is CC.CC(C)(C)C(NC(=O)NCC(=O)OCc1ccccc1)C(=O)N1CCCC1C(=O)NC(CC1CC1)C(=O)C(N)=O.CC(C)C.CCCCC. The number of esters is 1. The fraction of sp³-hybridized carbons (Fsp3) is 0.692. The standard InChI is InChI=1S/C28H39N5O7.C5H12.C4H10.C2H6/c1-28(2,3)23(32-27(39)30-15-21(34)40-16-18-8-5-4-6-9-18)26(38)33-13-7-10-20(33)25(37)31-19(14-17-11-12-17)22(35)24(29)36;1-3-5-4-2;1-4(2)3;1-2/h4-6,8-9,17,19-20,23H,7,10-16H2,1-3H3,(H2,29,36)(H,31,37)(H2,30,32,39);3-5H2,1-2H3;4H,1-3H3;1-2H3. The highest BCUT2D eigenvalue weighted by molar-refractivity contribution is 6.37. The Balaban J connectivity index is 0.00000199. The van der Waals surface area contributed by atoms with Gasteiger partial charge in [0.25, 0.3) is 5.91 Å². The van der Waals surface area contributed by atoms with Crippen LogP contribution in [0.1, 0.15) is 126 Å². The molecule has 0 radical (unpaired) electrons. The third-order valence-electron chi connectivity index (χ3n) is 7.71. The number of unbranched alkanes of at least 4 members (excludes halogenated alkanes) is 2. The smallest absolute Gasteiger partial charge is 0.325 e. The number of carbonyl (C=O) groups is 6. The van der Waals surface area contributed by atoms with Gasteiger partial charge in [-0.15, -0.1) is 0 Å². The lowest BCUT2D eigenvalue weighted by atomic mass is 9.85. The van der Waals surface area contributed by atoms with Crippen molar-refractivity contribution in [3.05, 3.63) is 35.9 Å². The van der Waals surface area contributed by atoms with Crippen LogP contribution >= 0.6 is 0 Å². The topological polar surface area (TPSA) is 177 Å². The molecule has 12 heteroatoms. The largest absolute Gasteiger partial charge is 0.460 e. The van der Waals surface area contributed by atoms with Crippen LogP contribution in [0.25, 0.3) is 0 Å². The van der Waals surface area contributed by atoms with Gasteiger partial charge < -0.3 is 31.3 Å². The Kier molecular flexibility index (Phi) is 23.1. The third-order valence-corrected chi connectivity index (χ3v) is 7.71. The summed E-state index contributed by atoms with van der Waals surface area (Å²) in [6.07, 6.45) is 7.16. The molecule has 1 saturated heterocycles.